The number of hydrogen-bond donors (Lipinski definition) is 1. The molecular formula is C17H27NS. The van der Waals surface area contributed by atoms with Crippen molar-refractivity contribution in [3.05, 3.63) is 30.3 Å². The molecule has 0 bridgehead atoms. The highest BCUT2D eigenvalue weighted by Crippen LogP contribution is 2.30. The Morgan fingerprint density at radius 1 is 1.16 bits per heavy atom. The van der Waals surface area contributed by atoms with Gasteiger partial charge in [0.2, 0.25) is 0 Å². The van der Waals surface area contributed by atoms with Gasteiger partial charge in [-0.3, -0.25) is 0 Å². The van der Waals surface area contributed by atoms with E-state index in [9.17, 15) is 0 Å². The van der Waals surface area contributed by atoms with Gasteiger partial charge < -0.3 is 5.32 Å². The van der Waals surface area contributed by atoms with Crippen molar-refractivity contribution in [1.82, 2.24) is 5.32 Å². The summed E-state index contributed by atoms with van der Waals surface area (Å²) in [6.45, 7) is 5.89. The normalized spacial score (nSPS) is 23.7. The Labute approximate surface area is 122 Å². The lowest BCUT2D eigenvalue weighted by molar-refractivity contribution is 0.208. The van der Waals surface area contributed by atoms with Crippen molar-refractivity contribution in [2.75, 3.05) is 12.3 Å². The first-order valence-electron chi connectivity index (χ1n) is 7.68. The molecule has 0 amide bonds. The van der Waals surface area contributed by atoms with E-state index < -0.39 is 0 Å². The molecule has 1 N–H and O–H groups in total. The van der Waals surface area contributed by atoms with E-state index in [1.807, 2.05) is 11.8 Å². The Balaban J connectivity index is 1.69. The maximum Gasteiger partial charge on any atom is 0.0106 e. The molecular weight excluding hydrogens is 250 g/mol. The van der Waals surface area contributed by atoms with Gasteiger partial charge in [0.15, 0.2) is 0 Å². The van der Waals surface area contributed by atoms with Gasteiger partial charge in [0.25, 0.3) is 0 Å². The zero-order chi connectivity index (χ0) is 13.5. The first-order valence-corrected chi connectivity index (χ1v) is 8.67. The summed E-state index contributed by atoms with van der Waals surface area (Å²) >= 11 is 1.96. The summed E-state index contributed by atoms with van der Waals surface area (Å²) < 4.78 is 0. The van der Waals surface area contributed by atoms with Crippen LogP contribution in [0.4, 0.5) is 0 Å². The van der Waals surface area contributed by atoms with E-state index in [0.29, 0.717) is 0 Å². The molecule has 0 aromatic heterocycles. The Morgan fingerprint density at radius 3 is 2.63 bits per heavy atom. The Kier molecular flexibility index (Phi) is 6.25. The second-order valence-electron chi connectivity index (χ2n) is 5.91. The van der Waals surface area contributed by atoms with Crippen LogP contribution in [-0.4, -0.2) is 18.3 Å². The minimum Gasteiger partial charge on any atom is -0.313 e. The van der Waals surface area contributed by atoms with Crippen molar-refractivity contribution in [2.24, 2.45) is 11.8 Å². The summed E-state index contributed by atoms with van der Waals surface area (Å²) in [5.74, 6) is 2.88. The average molecular weight is 277 g/mol. The summed E-state index contributed by atoms with van der Waals surface area (Å²) in [5, 5.41) is 3.80. The third kappa shape index (κ3) is 4.85. The molecule has 19 heavy (non-hydrogen) atoms. The first kappa shape index (κ1) is 14.9. The van der Waals surface area contributed by atoms with Crippen molar-refractivity contribution in [1.29, 1.82) is 0 Å². The van der Waals surface area contributed by atoms with Gasteiger partial charge in [-0.1, -0.05) is 44.9 Å². The van der Waals surface area contributed by atoms with Crippen LogP contribution < -0.4 is 5.32 Å². The first-order chi connectivity index (χ1) is 9.27. The van der Waals surface area contributed by atoms with Crippen molar-refractivity contribution < 1.29 is 0 Å². The number of benzene rings is 1. The summed E-state index contributed by atoms with van der Waals surface area (Å²) in [4.78, 5) is 1.38. The summed E-state index contributed by atoms with van der Waals surface area (Å²) in [7, 11) is 0. The Morgan fingerprint density at radius 2 is 1.89 bits per heavy atom. The van der Waals surface area contributed by atoms with E-state index in [1.54, 1.807) is 0 Å². The average Bonchev–Trinajstić information content (AvgIpc) is 2.45. The molecule has 2 atom stereocenters. The van der Waals surface area contributed by atoms with E-state index in [2.05, 4.69) is 49.5 Å². The van der Waals surface area contributed by atoms with Crippen LogP contribution in [0.1, 0.15) is 39.5 Å². The second-order valence-corrected chi connectivity index (χ2v) is 7.08. The Hall–Kier alpha value is -0.470. The largest absolute Gasteiger partial charge is 0.313 e. The lowest BCUT2D eigenvalue weighted by atomic mass is 9.78. The smallest absolute Gasteiger partial charge is 0.0106 e. The highest BCUT2D eigenvalue weighted by molar-refractivity contribution is 7.99. The van der Waals surface area contributed by atoms with Gasteiger partial charge in [-0.05, 0) is 36.8 Å². The zero-order valence-corrected chi connectivity index (χ0v) is 13.1. The van der Waals surface area contributed by atoms with Crippen LogP contribution in [0.2, 0.25) is 0 Å². The predicted octanol–water partition coefficient (Wildman–Crippen LogP) is 4.58. The second kappa shape index (κ2) is 7.96. The van der Waals surface area contributed by atoms with Gasteiger partial charge in [-0.15, -0.1) is 11.8 Å². The minimum atomic E-state index is 0.755. The van der Waals surface area contributed by atoms with Gasteiger partial charge in [0.1, 0.15) is 0 Å². The van der Waals surface area contributed by atoms with E-state index in [4.69, 9.17) is 0 Å². The highest BCUT2D eigenvalue weighted by Gasteiger charge is 2.26. The van der Waals surface area contributed by atoms with Crippen molar-refractivity contribution >= 4 is 11.8 Å². The molecule has 1 fully saturated rings. The Bertz CT molecular complexity index is 350. The molecule has 1 aromatic rings. The standard InChI is InChI=1S/C17H27NS/c1-14(2)16-10-6-7-11-17(16)18-12-13-19-15-8-4-3-5-9-15/h3-5,8-9,14,16-18H,6-7,10-13H2,1-2H3. The minimum absolute atomic E-state index is 0.755. The molecule has 2 unspecified atom stereocenters. The third-order valence-corrected chi connectivity index (χ3v) is 5.21. The van der Waals surface area contributed by atoms with Crippen LogP contribution in [-0.2, 0) is 0 Å². The van der Waals surface area contributed by atoms with E-state index in [1.165, 1.54) is 36.3 Å². The number of hydrogen-bond acceptors (Lipinski definition) is 2. The molecule has 1 aliphatic carbocycles. The van der Waals surface area contributed by atoms with Gasteiger partial charge in [-0.25, -0.2) is 0 Å². The van der Waals surface area contributed by atoms with Gasteiger partial charge in [0, 0.05) is 23.2 Å². The fourth-order valence-corrected chi connectivity index (χ4v) is 3.95. The van der Waals surface area contributed by atoms with Crippen LogP contribution in [0.25, 0.3) is 0 Å². The van der Waals surface area contributed by atoms with Crippen LogP contribution in [0.3, 0.4) is 0 Å². The molecule has 1 aliphatic rings. The van der Waals surface area contributed by atoms with Crippen LogP contribution in [0.15, 0.2) is 35.2 Å². The van der Waals surface area contributed by atoms with Crippen molar-refractivity contribution in [2.45, 2.75) is 50.5 Å². The van der Waals surface area contributed by atoms with Crippen LogP contribution in [0, 0.1) is 11.8 Å². The van der Waals surface area contributed by atoms with Crippen LogP contribution in [0.5, 0.6) is 0 Å². The van der Waals surface area contributed by atoms with Crippen molar-refractivity contribution in [3.8, 4) is 0 Å². The number of nitrogens with one attached hydrogen (secondary N) is 1. The lowest BCUT2D eigenvalue weighted by Crippen LogP contribution is -2.41. The molecule has 1 saturated carbocycles. The molecule has 0 saturated heterocycles. The van der Waals surface area contributed by atoms with Crippen molar-refractivity contribution in [3.63, 3.8) is 0 Å². The number of thioether (sulfide) groups is 1. The van der Waals surface area contributed by atoms with Gasteiger partial charge >= 0.3 is 0 Å². The fourth-order valence-electron chi connectivity index (χ4n) is 3.14. The van der Waals surface area contributed by atoms with Gasteiger partial charge in [-0.2, -0.15) is 0 Å². The third-order valence-electron chi connectivity index (χ3n) is 4.20. The number of rotatable bonds is 6. The summed E-state index contributed by atoms with van der Waals surface area (Å²) in [5.41, 5.74) is 0. The molecule has 106 valence electrons. The van der Waals surface area contributed by atoms with Gasteiger partial charge in [0.05, 0.1) is 0 Å². The topological polar surface area (TPSA) is 12.0 Å². The fraction of sp³-hybridized carbons (Fsp3) is 0.647. The van der Waals surface area contributed by atoms with E-state index >= 15 is 0 Å². The summed E-state index contributed by atoms with van der Waals surface area (Å²) in [6, 6.07) is 11.5. The molecule has 2 heteroatoms. The highest BCUT2D eigenvalue weighted by atomic mass is 32.2. The SMILES string of the molecule is CC(C)C1CCCCC1NCCSc1ccccc1. The maximum absolute atomic E-state index is 3.80. The molecule has 0 aliphatic heterocycles. The van der Waals surface area contributed by atoms with E-state index in [0.717, 1.165) is 24.4 Å². The molecule has 1 aromatic carbocycles. The molecule has 2 rings (SSSR count). The summed E-state index contributed by atoms with van der Waals surface area (Å²) in [6.07, 6.45) is 5.63. The molecule has 0 radical (unpaired) electrons. The van der Waals surface area contributed by atoms with E-state index in [-0.39, 0.29) is 0 Å². The molecule has 0 spiro atoms. The van der Waals surface area contributed by atoms with Crippen LogP contribution >= 0.6 is 11.8 Å². The quantitative estimate of drug-likeness (QED) is 0.603. The molecule has 1 nitrogen and oxygen atoms in total. The lowest BCUT2D eigenvalue weighted by Gasteiger charge is -2.35. The monoisotopic (exact) mass is 277 g/mol. The zero-order valence-electron chi connectivity index (χ0n) is 12.3. The maximum atomic E-state index is 3.80. The predicted molar refractivity (Wildman–Crippen MR) is 85.8 cm³/mol. The molecule has 0 heterocycles.